The lowest BCUT2D eigenvalue weighted by Gasteiger charge is -2.48. The van der Waals surface area contributed by atoms with E-state index in [9.17, 15) is 4.79 Å². The van der Waals surface area contributed by atoms with Crippen LogP contribution in [0.2, 0.25) is 5.02 Å². The first-order valence-corrected chi connectivity index (χ1v) is 8.13. The van der Waals surface area contributed by atoms with Gasteiger partial charge in [0.05, 0.1) is 0 Å². The van der Waals surface area contributed by atoms with E-state index in [4.69, 9.17) is 22.7 Å². The number of benzene rings is 1. The van der Waals surface area contributed by atoms with Gasteiger partial charge >= 0.3 is 0 Å². The summed E-state index contributed by atoms with van der Waals surface area (Å²) in [5.74, 6) is 0.0868. The Balaban J connectivity index is 2.33. The van der Waals surface area contributed by atoms with E-state index in [1.807, 2.05) is 18.0 Å². The largest absolute Gasteiger partial charge is 0.398 e. The summed E-state index contributed by atoms with van der Waals surface area (Å²) in [5.41, 5.74) is 8.04. The zero-order valence-electron chi connectivity index (χ0n) is 14.2. The Morgan fingerprint density at radius 3 is 2.70 bits per heavy atom. The third-order valence-corrected chi connectivity index (χ3v) is 5.00. The molecule has 1 saturated heterocycles. The Hall–Kier alpha value is -1.75. The number of nitrogens with one attached hydrogen (secondary N) is 1. The fourth-order valence-electron chi connectivity index (χ4n) is 3.53. The van der Waals surface area contributed by atoms with E-state index >= 15 is 0 Å². The van der Waals surface area contributed by atoms with Gasteiger partial charge in [0.1, 0.15) is 0 Å². The lowest BCUT2D eigenvalue weighted by atomic mass is 9.78. The molecular formula is C17H25ClN4O. The first kappa shape index (κ1) is 17.6. The molecule has 1 aliphatic heterocycles. The van der Waals surface area contributed by atoms with Crippen LogP contribution in [0.3, 0.4) is 0 Å². The van der Waals surface area contributed by atoms with Gasteiger partial charge < -0.3 is 20.9 Å². The van der Waals surface area contributed by atoms with Gasteiger partial charge in [0.2, 0.25) is 5.91 Å². The number of rotatable bonds is 3. The molecule has 0 radical (unpaired) electrons. The first-order chi connectivity index (χ1) is 10.7. The zero-order valence-corrected chi connectivity index (χ0v) is 14.9. The number of nitrogens with two attached hydrogens (primary N) is 1. The van der Waals surface area contributed by atoms with E-state index in [0.29, 0.717) is 16.3 Å². The predicted molar refractivity (Wildman–Crippen MR) is 96.6 cm³/mol. The smallest absolute Gasteiger partial charge is 0.219 e. The molecule has 1 unspecified atom stereocenters. The summed E-state index contributed by atoms with van der Waals surface area (Å²) in [6.45, 7) is 7.51. The summed E-state index contributed by atoms with van der Waals surface area (Å²) in [6.07, 6.45) is 2.15. The van der Waals surface area contributed by atoms with Crippen LogP contribution in [0.1, 0.15) is 32.8 Å². The molecule has 0 aromatic heterocycles. The predicted octanol–water partition coefficient (Wildman–Crippen LogP) is 3.00. The Morgan fingerprint density at radius 1 is 1.52 bits per heavy atom. The Morgan fingerprint density at radius 2 is 2.17 bits per heavy atom. The highest BCUT2D eigenvalue weighted by molar-refractivity contribution is 6.31. The van der Waals surface area contributed by atoms with E-state index in [1.54, 1.807) is 13.0 Å². The van der Waals surface area contributed by atoms with Gasteiger partial charge in [-0.15, -0.1) is 0 Å². The number of halogens is 1. The fraction of sp³-hybridized carbons (Fsp3) is 0.529. The molecule has 2 rings (SSSR count). The Labute approximate surface area is 142 Å². The van der Waals surface area contributed by atoms with Crippen molar-refractivity contribution in [3.8, 4) is 0 Å². The number of anilines is 2. The maximum atomic E-state index is 11.7. The molecule has 1 heterocycles. The summed E-state index contributed by atoms with van der Waals surface area (Å²) >= 11 is 6.16. The lowest BCUT2D eigenvalue weighted by molar-refractivity contribution is -0.132. The van der Waals surface area contributed by atoms with E-state index in [2.05, 4.69) is 18.7 Å². The summed E-state index contributed by atoms with van der Waals surface area (Å²) in [6, 6.07) is 3.73. The summed E-state index contributed by atoms with van der Waals surface area (Å²) in [4.78, 5) is 15.8. The van der Waals surface area contributed by atoms with Crippen LogP contribution < -0.4 is 10.6 Å². The fourth-order valence-corrected chi connectivity index (χ4v) is 3.75. The third-order valence-electron chi connectivity index (χ3n) is 4.78. The number of hydrogen-bond acceptors (Lipinski definition) is 4. The molecule has 0 bridgehead atoms. The van der Waals surface area contributed by atoms with Gasteiger partial charge in [0.25, 0.3) is 0 Å². The first-order valence-electron chi connectivity index (χ1n) is 7.75. The van der Waals surface area contributed by atoms with E-state index in [1.165, 1.54) is 6.21 Å². The third kappa shape index (κ3) is 3.44. The molecule has 1 fully saturated rings. The molecule has 3 N–H and O–H groups in total. The second kappa shape index (κ2) is 6.40. The van der Waals surface area contributed by atoms with Crippen LogP contribution in [-0.4, -0.2) is 43.2 Å². The quantitative estimate of drug-likeness (QED) is 0.658. The number of piperidine rings is 1. The summed E-state index contributed by atoms with van der Waals surface area (Å²) in [5, 5.41) is 8.22. The van der Waals surface area contributed by atoms with Gasteiger partial charge in [0.15, 0.2) is 0 Å². The number of amides is 1. The number of hydrogen-bond donors (Lipinski definition) is 2. The highest BCUT2D eigenvalue weighted by atomic mass is 35.5. The van der Waals surface area contributed by atoms with Crippen molar-refractivity contribution in [2.24, 2.45) is 5.41 Å². The average Bonchev–Trinajstić information content (AvgIpc) is 2.44. The van der Waals surface area contributed by atoms with E-state index in [-0.39, 0.29) is 17.4 Å². The van der Waals surface area contributed by atoms with Crippen LogP contribution in [0.15, 0.2) is 12.1 Å². The monoisotopic (exact) mass is 336 g/mol. The number of nitrogens with zero attached hydrogens (tertiary/aromatic N) is 2. The summed E-state index contributed by atoms with van der Waals surface area (Å²) < 4.78 is 0. The Bertz CT molecular complexity index is 629. The highest BCUT2D eigenvalue weighted by Gasteiger charge is 2.39. The van der Waals surface area contributed by atoms with Gasteiger partial charge in [-0.2, -0.15) is 0 Å². The van der Waals surface area contributed by atoms with Crippen LogP contribution in [0, 0.1) is 10.8 Å². The normalized spacial score (nSPS) is 20.2. The molecule has 0 spiro atoms. The second-order valence-corrected chi connectivity index (χ2v) is 7.35. The van der Waals surface area contributed by atoms with Crippen molar-refractivity contribution >= 4 is 35.1 Å². The standard InChI is InChI=1S/C17H25ClN4O/c1-11(23)21(4)16-5-6-22(10-17(16,2)3)15-8-12(18)7-14(20)13(15)9-19/h7-9,16,19H,5-6,10,20H2,1-4H3. The van der Waals surface area contributed by atoms with Crippen LogP contribution in [-0.2, 0) is 4.79 Å². The number of carbonyl (C=O) groups is 1. The van der Waals surface area contributed by atoms with Crippen molar-refractivity contribution in [1.29, 1.82) is 5.41 Å². The average molecular weight is 337 g/mol. The van der Waals surface area contributed by atoms with Crippen molar-refractivity contribution in [1.82, 2.24) is 4.90 Å². The second-order valence-electron chi connectivity index (χ2n) is 6.92. The molecule has 0 aliphatic carbocycles. The SMILES string of the molecule is CC(=O)N(C)C1CCN(c2cc(Cl)cc(N)c2C=N)CC1(C)C. The molecule has 1 atom stereocenters. The van der Waals surface area contributed by atoms with Crippen LogP contribution >= 0.6 is 11.6 Å². The van der Waals surface area contributed by atoms with Crippen LogP contribution in [0.25, 0.3) is 0 Å². The molecule has 1 aliphatic rings. The number of carbonyl (C=O) groups excluding carboxylic acids is 1. The van der Waals surface area contributed by atoms with E-state index in [0.717, 1.165) is 25.2 Å². The molecular weight excluding hydrogens is 312 g/mol. The van der Waals surface area contributed by atoms with Gasteiger partial charge in [-0.3, -0.25) is 4.79 Å². The minimum absolute atomic E-state index is 0.0744. The van der Waals surface area contributed by atoms with Crippen molar-refractivity contribution in [3.05, 3.63) is 22.7 Å². The molecule has 1 aromatic rings. The lowest BCUT2D eigenvalue weighted by Crippen LogP contribution is -2.56. The van der Waals surface area contributed by atoms with Gasteiger partial charge in [-0.1, -0.05) is 25.4 Å². The molecule has 6 heteroatoms. The summed E-state index contributed by atoms with van der Waals surface area (Å²) in [7, 11) is 1.87. The van der Waals surface area contributed by atoms with Crippen molar-refractivity contribution in [2.45, 2.75) is 33.2 Å². The molecule has 126 valence electrons. The molecule has 1 aromatic carbocycles. The minimum atomic E-state index is -0.0744. The van der Waals surface area contributed by atoms with Crippen molar-refractivity contribution < 1.29 is 4.79 Å². The van der Waals surface area contributed by atoms with Crippen molar-refractivity contribution in [2.75, 3.05) is 30.8 Å². The van der Waals surface area contributed by atoms with Crippen molar-refractivity contribution in [3.63, 3.8) is 0 Å². The van der Waals surface area contributed by atoms with E-state index < -0.39 is 0 Å². The van der Waals surface area contributed by atoms with Crippen LogP contribution in [0.4, 0.5) is 11.4 Å². The molecule has 5 nitrogen and oxygen atoms in total. The number of nitrogen functional groups attached to an aromatic ring is 1. The van der Waals surface area contributed by atoms with Gasteiger partial charge in [0, 0.05) is 66.7 Å². The maximum absolute atomic E-state index is 11.7. The Kier molecular flexibility index (Phi) is 4.90. The van der Waals surface area contributed by atoms with Gasteiger partial charge in [-0.05, 0) is 18.6 Å². The van der Waals surface area contributed by atoms with Crippen LogP contribution in [0.5, 0.6) is 0 Å². The maximum Gasteiger partial charge on any atom is 0.219 e. The molecule has 1 amide bonds. The molecule has 0 saturated carbocycles. The molecule has 23 heavy (non-hydrogen) atoms. The minimum Gasteiger partial charge on any atom is -0.398 e. The van der Waals surface area contributed by atoms with Gasteiger partial charge in [-0.25, -0.2) is 0 Å². The zero-order chi connectivity index (χ0) is 17.4. The topological polar surface area (TPSA) is 73.4 Å². The highest BCUT2D eigenvalue weighted by Crippen LogP contribution is 2.37.